The Hall–Kier alpha value is -1.81. The van der Waals surface area contributed by atoms with Crippen molar-refractivity contribution in [2.75, 3.05) is 31.7 Å². The number of fused-ring (bicyclic) bond motifs is 1. The number of nitrogens with zero attached hydrogens (tertiary/aromatic N) is 2. The predicted octanol–water partition coefficient (Wildman–Crippen LogP) is 2.45. The van der Waals surface area contributed by atoms with E-state index in [-0.39, 0.29) is 0 Å². The number of ether oxygens (including phenoxy) is 1. The van der Waals surface area contributed by atoms with Crippen molar-refractivity contribution >= 4 is 16.6 Å². The van der Waals surface area contributed by atoms with Crippen LogP contribution in [0.3, 0.4) is 0 Å². The number of rotatable bonds is 3. The largest absolute Gasteiger partial charge is 0.497 e. The van der Waals surface area contributed by atoms with E-state index in [1.165, 1.54) is 5.39 Å². The Kier molecular flexibility index (Phi) is 3.74. The molecule has 0 radical (unpaired) electrons. The van der Waals surface area contributed by atoms with Crippen LogP contribution in [0.2, 0.25) is 0 Å². The lowest BCUT2D eigenvalue weighted by molar-refractivity contribution is 0.203. The second-order valence-electron chi connectivity index (χ2n) is 5.33. The van der Waals surface area contributed by atoms with E-state index in [2.05, 4.69) is 22.0 Å². The van der Waals surface area contributed by atoms with Crippen molar-refractivity contribution in [1.82, 2.24) is 4.98 Å². The molecule has 4 nitrogen and oxygen atoms in total. The summed E-state index contributed by atoms with van der Waals surface area (Å²) in [6.45, 7) is 2.20. The minimum absolute atomic E-state index is 0.296. The SMILES string of the molecule is COc1ccc2ccnc(N3CCC(CO)CC3)c2c1. The summed E-state index contributed by atoms with van der Waals surface area (Å²) in [6, 6.07) is 8.12. The summed E-state index contributed by atoms with van der Waals surface area (Å²) >= 11 is 0. The van der Waals surface area contributed by atoms with E-state index in [9.17, 15) is 5.11 Å². The number of aromatic nitrogens is 1. The van der Waals surface area contributed by atoms with E-state index >= 15 is 0 Å². The lowest BCUT2D eigenvalue weighted by atomic mass is 9.97. The summed E-state index contributed by atoms with van der Waals surface area (Å²) in [4.78, 5) is 6.88. The van der Waals surface area contributed by atoms with Gasteiger partial charge in [0, 0.05) is 31.3 Å². The molecule has 20 heavy (non-hydrogen) atoms. The number of benzene rings is 1. The maximum Gasteiger partial charge on any atom is 0.136 e. The molecule has 0 amide bonds. The molecule has 0 bridgehead atoms. The molecule has 2 heterocycles. The Labute approximate surface area is 119 Å². The maximum absolute atomic E-state index is 9.24. The first kappa shape index (κ1) is 13.2. The zero-order chi connectivity index (χ0) is 13.9. The summed E-state index contributed by atoms with van der Waals surface area (Å²) < 4.78 is 5.32. The molecular formula is C16H20N2O2. The topological polar surface area (TPSA) is 45.6 Å². The average molecular weight is 272 g/mol. The number of methoxy groups -OCH3 is 1. The highest BCUT2D eigenvalue weighted by Crippen LogP contribution is 2.30. The van der Waals surface area contributed by atoms with Gasteiger partial charge < -0.3 is 14.7 Å². The number of hydrogen-bond donors (Lipinski definition) is 1. The number of aliphatic hydroxyl groups excluding tert-OH is 1. The van der Waals surface area contributed by atoms with Crippen LogP contribution in [0.1, 0.15) is 12.8 Å². The average Bonchev–Trinajstić information content (AvgIpc) is 2.54. The minimum Gasteiger partial charge on any atom is -0.497 e. The molecule has 0 atom stereocenters. The van der Waals surface area contributed by atoms with Gasteiger partial charge in [0.1, 0.15) is 11.6 Å². The first-order valence-corrected chi connectivity index (χ1v) is 7.10. The third-order valence-corrected chi connectivity index (χ3v) is 4.12. The zero-order valence-corrected chi connectivity index (χ0v) is 11.7. The van der Waals surface area contributed by atoms with Crippen molar-refractivity contribution in [2.45, 2.75) is 12.8 Å². The van der Waals surface area contributed by atoms with Crippen LogP contribution >= 0.6 is 0 Å². The fraction of sp³-hybridized carbons (Fsp3) is 0.438. The molecule has 0 saturated carbocycles. The molecule has 1 aromatic carbocycles. The fourth-order valence-electron chi connectivity index (χ4n) is 2.84. The molecule has 1 aliphatic rings. The van der Waals surface area contributed by atoms with Gasteiger partial charge >= 0.3 is 0 Å². The van der Waals surface area contributed by atoms with E-state index in [1.807, 2.05) is 18.3 Å². The highest BCUT2D eigenvalue weighted by molar-refractivity contribution is 5.93. The Morgan fingerprint density at radius 1 is 1.30 bits per heavy atom. The molecule has 1 saturated heterocycles. The van der Waals surface area contributed by atoms with Gasteiger partial charge in [-0.15, -0.1) is 0 Å². The van der Waals surface area contributed by atoms with E-state index in [4.69, 9.17) is 4.74 Å². The van der Waals surface area contributed by atoms with Gasteiger partial charge in [-0.25, -0.2) is 4.98 Å². The van der Waals surface area contributed by atoms with Crippen LogP contribution in [-0.4, -0.2) is 36.9 Å². The molecule has 1 fully saturated rings. The van der Waals surface area contributed by atoms with Crippen molar-refractivity contribution in [3.63, 3.8) is 0 Å². The van der Waals surface area contributed by atoms with Crippen LogP contribution in [0, 0.1) is 5.92 Å². The molecular weight excluding hydrogens is 252 g/mol. The van der Waals surface area contributed by atoms with Gasteiger partial charge in [0.2, 0.25) is 0 Å². The van der Waals surface area contributed by atoms with Gasteiger partial charge in [-0.3, -0.25) is 0 Å². The van der Waals surface area contributed by atoms with Crippen molar-refractivity contribution < 1.29 is 9.84 Å². The molecule has 3 rings (SSSR count). The highest BCUT2D eigenvalue weighted by atomic mass is 16.5. The first-order chi connectivity index (χ1) is 9.81. The smallest absolute Gasteiger partial charge is 0.136 e. The van der Waals surface area contributed by atoms with Crippen molar-refractivity contribution in [1.29, 1.82) is 0 Å². The molecule has 2 aromatic rings. The Morgan fingerprint density at radius 2 is 2.10 bits per heavy atom. The standard InChI is InChI=1S/C16H20N2O2/c1-20-14-3-2-13-4-7-17-16(15(13)10-14)18-8-5-12(11-19)6-9-18/h2-4,7,10,12,19H,5-6,8-9,11H2,1H3. The van der Waals surface area contributed by atoms with Crippen LogP contribution in [0.4, 0.5) is 5.82 Å². The van der Waals surface area contributed by atoms with Gasteiger partial charge in [0.25, 0.3) is 0 Å². The summed E-state index contributed by atoms with van der Waals surface area (Å²) in [7, 11) is 1.68. The third kappa shape index (κ3) is 2.43. The number of piperidine rings is 1. The summed E-state index contributed by atoms with van der Waals surface area (Å²) in [5.74, 6) is 2.32. The lowest BCUT2D eigenvalue weighted by Crippen LogP contribution is -2.35. The van der Waals surface area contributed by atoms with Crippen LogP contribution in [0.25, 0.3) is 10.8 Å². The first-order valence-electron chi connectivity index (χ1n) is 7.10. The quantitative estimate of drug-likeness (QED) is 0.932. The summed E-state index contributed by atoms with van der Waals surface area (Å²) in [5.41, 5.74) is 0. The van der Waals surface area contributed by atoms with E-state index in [0.29, 0.717) is 12.5 Å². The van der Waals surface area contributed by atoms with Gasteiger partial charge in [-0.05, 0) is 42.3 Å². The van der Waals surface area contributed by atoms with Crippen LogP contribution in [0.15, 0.2) is 30.5 Å². The number of aliphatic hydroxyl groups is 1. The molecule has 106 valence electrons. The molecule has 0 spiro atoms. The zero-order valence-electron chi connectivity index (χ0n) is 11.7. The second-order valence-corrected chi connectivity index (χ2v) is 5.33. The number of hydrogen-bond acceptors (Lipinski definition) is 4. The van der Waals surface area contributed by atoms with Gasteiger partial charge in [0.15, 0.2) is 0 Å². The predicted molar refractivity (Wildman–Crippen MR) is 80.3 cm³/mol. The molecule has 4 heteroatoms. The summed E-state index contributed by atoms with van der Waals surface area (Å²) in [6.07, 6.45) is 3.92. The normalized spacial score (nSPS) is 16.6. The van der Waals surface area contributed by atoms with Crippen LogP contribution < -0.4 is 9.64 Å². The van der Waals surface area contributed by atoms with Crippen LogP contribution in [-0.2, 0) is 0 Å². The fourth-order valence-corrected chi connectivity index (χ4v) is 2.84. The van der Waals surface area contributed by atoms with E-state index in [1.54, 1.807) is 7.11 Å². The van der Waals surface area contributed by atoms with Crippen molar-refractivity contribution in [2.24, 2.45) is 5.92 Å². The van der Waals surface area contributed by atoms with E-state index in [0.717, 1.165) is 42.9 Å². The summed E-state index contributed by atoms with van der Waals surface area (Å²) in [5, 5.41) is 11.6. The molecule has 1 aliphatic heterocycles. The number of pyridine rings is 1. The molecule has 0 unspecified atom stereocenters. The van der Waals surface area contributed by atoms with E-state index < -0.39 is 0 Å². The Morgan fingerprint density at radius 3 is 2.80 bits per heavy atom. The lowest BCUT2D eigenvalue weighted by Gasteiger charge is -2.32. The van der Waals surface area contributed by atoms with Crippen molar-refractivity contribution in [3.8, 4) is 5.75 Å². The Bertz CT molecular complexity index is 592. The Balaban J connectivity index is 1.94. The minimum atomic E-state index is 0.296. The second kappa shape index (κ2) is 5.67. The highest BCUT2D eigenvalue weighted by Gasteiger charge is 2.20. The molecule has 1 aromatic heterocycles. The molecule has 1 N–H and O–H groups in total. The van der Waals surface area contributed by atoms with Crippen LogP contribution in [0.5, 0.6) is 5.75 Å². The van der Waals surface area contributed by atoms with Gasteiger partial charge in [-0.1, -0.05) is 6.07 Å². The molecule has 0 aliphatic carbocycles. The van der Waals surface area contributed by atoms with Gasteiger partial charge in [0.05, 0.1) is 7.11 Å². The van der Waals surface area contributed by atoms with Crippen molar-refractivity contribution in [3.05, 3.63) is 30.5 Å². The van der Waals surface area contributed by atoms with Gasteiger partial charge in [-0.2, -0.15) is 0 Å². The monoisotopic (exact) mass is 272 g/mol. The maximum atomic E-state index is 9.24. The number of anilines is 1. The third-order valence-electron chi connectivity index (χ3n) is 4.12.